The molecule has 2 aromatic carbocycles. The number of alkyl halides is 3. The van der Waals surface area contributed by atoms with E-state index in [0.717, 1.165) is 16.8 Å². The summed E-state index contributed by atoms with van der Waals surface area (Å²) in [6, 6.07) is 8.99. The first-order valence-electron chi connectivity index (χ1n) is 11.1. The molecule has 0 atom stereocenters. The molecule has 1 amide bonds. The van der Waals surface area contributed by atoms with Crippen LogP contribution in [0.25, 0.3) is 16.7 Å². The molecule has 8 nitrogen and oxygen atoms in total. The van der Waals surface area contributed by atoms with Crippen LogP contribution in [0.2, 0.25) is 0 Å². The van der Waals surface area contributed by atoms with Gasteiger partial charge in [0, 0.05) is 18.2 Å². The molecule has 0 unspecified atom stereocenters. The van der Waals surface area contributed by atoms with Crippen molar-refractivity contribution in [1.29, 1.82) is 0 Å². The molecule has 0 saturated heterocycles. The number of carbonyl (C=O) groups is 1. The summed E-state index contributed by atoms with van der Waals surface area (Å²) in [4.78, 5) is 39.1. The van der Waals surface area contributed by atoms with Gasteiger partial charge in [-0.2, -0.15) is 13.2 Å². The first kappa shape index (κ1) is 24.2. The molecule has 2 aromatic heterocycles. The summed E-state index contributed by atoms with van der Waals surface area (Å²) in [5, 5.41) is 7.30. The van der Waals surface area contributed by atoms with E-state index in [1.807, 2.05) is 20.8 Å². The molecule has 35 heavy (non-hydrogen) atoms. The Morgan fingerprint density at radius 1 is 1.11 bits per heavy atom. The Labute approximate surface area is 197 Å². The molecular weight excluding hydrogens is 463 g/mol. The number of aryl methyl sites for hydroxylation is 1. The highest BCUT2D eigenvalue weighted by atomic mass is 19.4. The molecule has 0 saturated carbocycles. The summed E-state index contributed by atoms with van der Waals surface area (Å²) >= 11 is 0. The van der Waals surface area contributed by atoms with Gasteiger partial charge in [0.1, 0.15) is 0 Å². The third-order valence-electron chi connectivity index (χ3n) is 5.49. The fraction of sp³-hybridized carbons (Fsp3) is 0.333. The average molecular weight is 487 g/mol. The average Bonchev–Trinajstić information content (AvgIpc) is 3.11. The molecule has 0 aliphatic carbocycles. The quantitative estimate of drug-likeness (QED) is 0.451. The van der Waals surface area contributed by atoms with Gasteiger partial charge in [-0.25, -0.2) is 13.9 Å². The minimum atomic E-state index is -4.52. The molecular formula is C24H24F3N5O3. The monoisotopic (exact) mass is 487 g/mol. The molecule has 0 fully saturated rings. The van der Waals surface area contributed by atoms with Crippen molar-refractivity contribution < 1.29 is 18.0 Å². The third-order valence-corrected chi connectivity index (χ3v) is 5.49. The van der Waals surface area contributed by atoms with Crippen molar-refractivity contribution in [3.8, 4) is 0 Å². The van der Waals surface area contributed by atoms with Crippen molar-refractivity contribution in [2.45, 2.75) is 52.5 Å². The highest BCUT2D eigenvalue weighted by Gasteiger charge is 2.30. The molecule has 1 N–H and O–H groups in total. The lowest BCUT2D eigenvalue weighted by Gasteiger charge is -2.11. The second-order valence-electron chi connectivity index (χ2n) is 8.59. The Balaban J connectivity index is 1.93. The minimum absolute atomic E-state index is 0.0581. The number of hydrogen-bond acceptors (Lipinski definition) is 4. The number of amides is 1. The fourth-order valence-corrected chi connectivity index (χ4v) is 3.95. The highest BCUT2D eigenvalue weighted by Crippen LogP contribution is 2.29. The van der Waals surface area contributed by atoms with Crippen molar-refractivity contribution in [2.75, 3.05) is 0 Å². The molecule has 184 valence electrons. The summed E-state index contributed by atoms with van der Waals surface area (Å²) in [6.45, 7) is 5.55. The van der Waals surface area contributed by atoms with Gasteiger partial charge in [-0.1, -0.05) is 19.1 Å². The van der Waals surface area contributed by atoms with E-state index in [0.29, 0.717) is 6.42 Å². The second-order valence-corrected chi connectivity index (χ2v) is 8.59. The number of hydrogen-bond donors (Lipinski definition) is 1. The predicted octanol–water partition coefficient (Wildman–Crippen LogP) is 3.43. The van der Waals surface area contributed by atoms with Crippen LogP contribution in [0.5, 0.6) is 0 Å². The number of nitrogens with one attached hydrogen (secondary N) is 1. The van der Waals surface area contributed by atoms with Crippen LogP contribution in [-0.4, -0.2) is 30.7 Å². The Morgan fingerprint density at radius 3 is 2.51 bits per heavy atom. The van der Waals surface area contributed by atoms with Crippen LogP contribution < -0.4 is 16.6 Å². The normalized spacial score (nSPS) is 12.1. The van der Waals surface area contributed by atoms with Crippen LogP contribution in [0.1, 0.15) is 48.7 Å². The van der Waals surface area contributed by atoms with E-state index in [9.17, 15) is 27.6 Å². The molecule has 0 aliphatic rings. The fourth-order valence-electron chi connectivity index (χ4n) is 3.95. The summed E-state index contributed by atoms with van der Waals surface area (Å²) in [7, 11) is 0. The maximum absolute atomic E-state index is 13.4. The number of rotatable bonds is 6. The first-order chi connectivity index (χ1) is 16.5. The number of nitrogens with zero attached hydrogens (tertiary/aromatic N) is 4. The van der Waals surface area contributed by atoms with E-state index in [2.05, 4.69) is 10.4 Å². The van der Waals surface area contributed by atoms with Gasteiger partial charge in [0.05, 0.1) is 23.0 Å². The lowest BCUT2D eigenvalue weighted by Crippen LogP contribution is -2.30. The number of aromatic nitrogens is 4. The van der Waals surface area contributed by atoms with E-state index < -0.39 is 17.4 Å². The molecule has 11 heteroatoms. The summed E-state index contributed by atoms with van der Waals surface area (Å²) in [5.41, 5.74) is -1.14. The van der Waals surface area contributed by atoms with Crippen LogP contribution >= 0.6 is 0 Å². The van der Waals surface area contributed by atoms with Crippen molar-refractivity contribution in [1.82, 2.24) is 24.1 Å². The Morgan fingerprint density at radius 2 is 1.86 bits per heavy atom. The van der Waals surface area contributed by atoms with Crippen LogP contribution in [0, 0.1) is 0 Å². The highest BCUT2D eigenvalue weighted by molar-refractivity contribution is 5.98. The topological polar surface area (TPSA) is 90.4 Å². The molecule has 4 rings (SSSR count). The van der Waals surface area contributed by atoms with E-state index in [1.54, 1.807) is 0 Å². The van der Waals surface area contributed by atoms with Crippen molar-refractivity contribution in [2.24, 2.45) is 0 Å². The number of fused-ring (bicyclic) bond motifs is 3. The van der Waals surface area contributed by atoms with Crippen LogP contribution in [0.4, 0.5) is 13.2 Å². The standard InChI is InChI=1S/C24H24F3N5O3/c1-4-10-30-21(34)18-9-8-16(20(33)28-14(2)3)12-19(18)32-22(30)29-31(23(32)35)13-15-6-5-7-17(11-15)24(25,26)27/h5-9,11-12,14H,4,10,13H2,1-3H3,(H,28,33). The molecule has 0 spiro atoms. The lowest BCUT2D eigenvalue weighted by atomic mass is 10.1. The third kappa shape index (κ3) is 4.58. The number of benzene rings is 2. The van der Waals surface area contributed by atoms with Crippen LogP contribution in [0.3, 0.4) is 0 Å². The van der Waals surface area contributed by atoms with Gasteiger partial charge < -0.3 is 5.32 Å². The van der Waals surface area contributed by atoms with E-state index in [1.165, 1.54) is 39.3 Å². The molecule has 0 radical (unpaired) electrons. The molecule has 4 aromatic rings. The number of halogens is 3. The summed E-state index contributed by atoms with van der Waals surface area (Å²) in [5.74, 6) is -0.306. The van der Waals surface area contributed by atoms with Crippen LogP contribution in [-0.2, 0) is 19.3 Å². The zero-order valence-corrected chi connectivity index (χ0v) is 19.4. The second kappa shape index (κ2) is 9.05. The smallest absolute Gasteiger partial charge is 0.350 e. The van der Waals surface area contributed by atoms with E-state index in [4.69, 9.17) is 0 Å². The zero-order valence-electron chi connectivity index (χ0n) is 19.4. The van der Waals surface area contributed by atoms with Gasteiger partial charge in [0.25, 0.3) is 11.5 Å². The van der Waals surface area contributed by atoms with Gasteiger partial charge in [-0.15, -0.1) is 5.10 Å². The molecule has 2 heterocycles. The Hall–Kier alpha value is -3.89. The van der Waals surface area contributed by atoms with Gasteiger partial charge in [-0.3, -0.25) is 14.2 Å². The van der Waals surface area contributed by atoms with Gasteiger partial charge in [0.2, 0.25) is 5.78 Å². The maximum atomic E-state index is 13.4. The van der Waals surface area contributed by atoms with Gasteiger partial charge >= 0.3 is 11.9 Å². The predicted molar refractivity (Wildman–Crippen MR) is 125 cm³/mol. The summed E-state index contributed by atoms with van der Waals surface area (Å²) in [6.07, 6.45) is -3.94. The van der Waals surface area contributed by atoms with Crippen LogP contribution in [0.15, 0.2) is 52.1 Å². The maximum Gasteiger partial charge on any atom is 0.416 e. The van der Waals surface area contributed by atoms with E-state index in [-0.39, 0.29) is 58.4 Å². The SMILES string of the molecule is CCCn1c(=O)c2ccc(C(=O)NC(C)C)cc2n2c(=O)n(Cc3cccc(C(F)(F)F)c3)nc12. The van der Waals surface area contributed by atoms with Crippen molar-refractivity contribution in [3.63, 3.8) is 0 Å². The van der Waals surface area contributed by atoms with Gasteiger partial charge in [-0.05, 0) is 56.2 Å². The summed E-state index contributed by atoms with van der Waals surface area (Å²) < 4.78 is 43.0. The molecule has 0 bridgehead atoms. The first-order valence-corrected chi connectivity index (χ1v) is 11.1. The van der Waals surface area contributed by atoms with E-state index >= 15 is 0 Å². The number of carbonyl (C=O) groups excluding carboxylic acids is 1. The largest absolute Gasteiger partial charge is 0.416 e. The molecule has 0 aliphatic heterocycles. The van der Waals surface area contributed by atoms with Gasteiger partial charge in [0.15, 0.2) is 0 Å². The zero-order chi connectivity index (χ0) is 25.5. The minimum Gasteiger partial charge on any atom is -0.350 e. The Kier molecular flexibility index (Phi) is 6.27. The lowest BCUT2D eigenvalue weighted by molar-refractivity contribution is -0.137. The van der Waals surface area contributed by atoms with Crippen molar-refractivity contribution >= 4 is 22.6 Å². The van der Waals surface area contributed by atoms with Crippen molar-refractivity contribution in [3.05, 3.63) is 80.0 Å². The Bertz CT molecular complexity index is 1550.